The standard InChI is InChI=1S/C22H27N3O4S.C21H25N3O2.ClH/c1-24(2)15-20-21(16-8-6-5-7-9-16)19-14-17(29-3)10-11-18(19)22(26)25(20)13-12-23-30(4,27)28;1-23(2)14-19-20(15-7-5-4-6-8-15)18-13-16(26-3)9-10-17(18)21(25)24(19)12-11-22;/h5-11,14,23H,12-13,15H2,1-4H3;4-10,13H,11-12,14,22H2,1-3H3;1H. The monoisotopic (exact) mass is 816 g/mol. The summed E-state index contributed by atoms with van der Waals surface area (Å²) in [6.07, 6.45) is 1.11. The Morgan fingerprint density at radius 3 is 1.39 bits per heavy atom. The first kappa shape index (κ1) is 44.7. The van der Waals surface area contributed by atoms with Crippen LogP contribution < -0.4 is 31.0 Å². The van der Waals surface area contributed by atoms with Gasteiger partial charge in [-0.15, -0.1) is 12.4 Å². The van der Waals surface area contributed by atoms with Crippen LogP contribution in [0.3, 0.4) is 0 Å². The van der Waals surface area contributed by atoms with E-state index in [4.69, 9.17) is 15.2 Å². The molecule has 6 aromatic rings. The summed E-state index contributed by atoms with van der Waals surface area (Å²) in [5, 5.41) is 2.97. The van der Waals surface area contributed by atoms with Crippen molar-refractivity contribution in [3.63, 3.8) is 0 Å². The van der Waals surface area contributed by atoms with E-state index in [2.05, 4.69) is 21.8 Å². The van der Waals surface area contributed by atoms with Crippen molar-refractivity contribution < 1.29 is 17.9 Å². The minimum absolute atomic E-state index is 0. The summed E-state index contributed by atoms with van der Waals surface area (Å²) in [6.45, 7) is 2.43. The maximum atomic E-state index is 13.4. The fraction of sp³-hybridized carbons (Fsp3) is 0.302. The van der Waals surface area contributed by atoms with E-state index in [1.807, 2.05) is 110 Å². The Kier molecular flexibility index (Phi) is 15.6. The first-order valence-electron chi connectivity index (χ1n) is 18.3. The molecule has 0 bridgehead atoms. The molecule has 0 atom stereocenters. The van der Waals surface area contributed by atoms with Crippen molar-refractivity contribution in [3.05, 3.63) is 129 Å². The predicted octanol–water partition coefficient (Wildman–Crippen LogP) is 5.41. The summed E-state index contributed by atoms with van der Waals surface area (Å²) in [7, 11) is 7.77. The van der Waals surface area contributed by atoms with Crippen molar-refractivity contribution >= 4 is 44.0 Å². The van der Waals surface area contributed by atoms with Gasteiger partial charge < -0.3 is 34.1 Å². The number of nitrogens with one attached hydrogen (secondary N) is 1. The number of methoxy groups -OCH3 is 2. The van der Waals surface area contributed by atoms with Crippen LogP contribution in [0.1, 0.15) is 11.4 Å². The molecule has 0 aliphatic heterocycles. The van der Waals surface area contributed by atoms with Crippen molar-refractivity contribution in [1.29, 1.82) is 0 Å². The van der Waals surface area contributed by atoms with Crippen LogP contribution in [0.5, 0.6) is 11.5 Å². The Balaban J connectivity index is 0.000000251. The largest absolute Gasteiger partial charge is 0.497 e. The minimum Gasteiger partial charge on any atom is -0.497 e. The molecular formula is C43H53ClN6O6S. The van der Waals surface area contributed by atoms with Crippen LogP contribution in [0.4, 0.5) is 0 Å². The molecule has 0 unspecified atom stereocenters. The summed E-state index contributed by atoms with van der Waals surface area (Å²) in [5.41, 5.74) is 11.5. The highest BCUT2D eigenvalue weighted by molar-refractivity contribution is 7.88. The van der Waals surface area contributed by atoms with E-state index in [0.717, 1.165) is 56.4 Å². The molecular weight excluding hydrogens is 764 g/mol. The Bertz CT molecular complexity index is 2520. The van der Waals surface area contributed by atoms with Crippen molar-refractivity contribution in [2.24, 2.45) is 5.73 Å². The molecule has 0 aliphatic carbocycles. The Labute approximate surface area is 340 Å². The van der Waals surface area contributed by atoms with Gasteiger partial charge >= 0.3 is 0 Å². The molecule has 6 rings (SSSR count). The average molecular weight is 817 g/mol. The summed E-state index contributed by atoms with van der Waals surface area (Å²) >= 11 is 0. The van der Waals surface area contributed by atoms with Crippen molar-refractivity contribution in [3.8, 4) is 33.8 Å². The maximum absolute atomic E-state index is 13.4. The minimum atomic E-state index is -3.35. The number of nitrogens with two attached hydrogens (primary N) is 1. The normalized spacial score (nSPS) is 11.4. The third-order valence-electron chi connectivity index (χ3n) is 9.28. The second-order valence-corrected chi connectivity index (χ2v) is 15.9. The summed E-state index contributed by atoms with van der Waals surface area (Å²) in [5.74, 6) is 1.41. The average Bonchev–Trinajstić information content (AvgIpc) is 3.17. The number of rotatable bonds is 14. The van der Waals surface area contributed by atoms with E-state index in [1.54, 1.807) is 30.9 Å². The topological polar surface area (TPSA) is 141 Å². The summed E-state index contributed by atoms with van der Waals surface area (Å²) in [6, 6.07) is 31.1. The van der Waals surface area contributed by atoms with E-state index in [-0.39, 0.29) is 36.6 Å². The maximum Gasteiger partial charge on any atom is 0.258 e. The molecule has 4 aromatic carbocycles. The molecule has 2 heterocycles. The molecule has 0 saturated heterocycles. The zero-order chi connectivity index (χ0) is 40.6. The second kappa shape index (κ2) is 19.9. The molecule has 14 heteroatoms. The fourth-order valence-electron chi connectivity index (χ4n) is 6.93. The number of benzene rings is 4. The van der Waals surface area contributed by atoms with E-state index < -0.39 is 10.0 Å². The van der Waals surface area contributed by atoms with Crippen LogP contribution in [0.2, 0.25) is 0 Å². The van der Waals surface area contributed by atoms with E-state index >= 15 is 0 Å². The highest BCUT2D eigenvalue weighted by Gasteiger charge is 2.21. The van der Waals surface area contributed by atoms with Gasteiger partial charge in [-0.3, -0.25) is 9.59 Å². The number of sulfonamides is 1. The lowest BCUT2D eigenvalue weighted by Gasteiger charge is -2.23. The molecule has 57 heavy (non-hydrogen) atoms. The van der Waals surface area contributed by atoms with Gasteiger partial charge in [0.25, 0.3) is 11.1 Å². The third-order valence-corrected chi connectivity index (χ3v) is 10.0. The van der Waals surface area contributed by atoms with E-state index in [0.29, 0.717) is 42.7 Å². The van der Waals surface area contributed by atoms with E-state index in [1.165, 1.54) is 0 Å². The lowest BCUT2D eigenvalue weighted by molar-refractivity contribution is 0.385. The van der Waals surface area contributed by atoms with Gasteiger partial charge in [0.2, 0.25) is 10.0 Å². The Morgan fingerprint density at radius 1 is 0.632 bits per heavy atom. The first-order chi connectivity index (χ1) is 26.8. The lowest BCUT2D eigenvalue weighted by atomic mass is 9.96. The quantitative estimate of drug-likeness (QED) is 0.148. The molecule has 3 N–H and O–H groups in total. The number of ether oxygens (including phenoxy) is 2. The molecule has 0 fully saturated rings. The van der Waals surface area contributed by atoms with Crippen LogP contribution in [0, 0.1) is 0 Å². The second-order valence-electron chi connectivity index (χ2n) is 14.0. The number of fused-ring (bicyclic) bond motifs is 2. The van der Waals surface area contributed by atoms with Crippen LogP contribution >= 0.6 is 12.4 Å². The third kappa shape index (κ3) is 10.7. The molecule has 0 spiro atoms. The van der Waals surface area contributed by atoms with Gasteiger partial charge in [-0.05, 0) is 75.7 Å². The molecule has 0 radical (unpaired) electrons. The SMILES string of the molecule is COc1ccc2c(=O)n(CCN)c(CN(C)C)c(-c3ccccc3)c2c1.COc1ccc2c(=O)n(CCNS(C)(=O)=O)c(CN(C)C)c(-c3ccccc3)c2c1.Cl. The number of aromatic nitrogens is 2. The highest BCUT2D eigenvalue weighted by Crippen LogP contribution is 2.35. The highest BCUT2D eigenvalue weighted by atomic mass is 35.5. The fourth-order valence-corrected chi connectivity index (χ4v) is 7.39. The molecule has 304 valence electrons. The van der Waals surface area contributed by atoms with Crippen molar-refractivity contribution in [2.45, 2.75) is 26.2 Å². The van der Waals surface area contributed by atoms with Gasteiger partial charge in [-0.1, -0.05) is 60.7 Å². The number of nitrogens with zero attached hydrogens (tertiary/aromatic N) is 4. The van der Waals surface area contributed by atoms with Crippen molar-refractivity contribution in [2.75, 3.05) is 61.8 Å². The Hall–Kier alpha value is -5.02. The van der Waals surface area contributed by atoms with Crippen molar-refractivity contribution in [1.82, 2.24) is 23.7 Å². The zero-order valence-electron chi connectivity index (χ0n) is 33.6. The molecule has 0 aliphatic rings. The van der Waals surface area contributed by atoms with Crippen LogP contribution in [0.25, 0.3) is 43.8 Å². The smallest absolute Gasteiger partial charge is 0.258 e. The van der Waals surface area contributed by atoms with E-state index in [9.17, 15) is 18.0 Å². The van der Waals surface area contributed by atoms with Gasteiger partial charge in [0.1, 0.15) is 11.5 Å². The summed E-state index contributed by atoms with van der Waals surface area (Å²) in [4.78, 5) is 30.6. The predicted molar refractivity (Wildman–Crippen MR) is 234 cm³/mol. The zero-order valence-corrected chi connectivity index (χ0v) is 35.2. The number of hydrogen-bond acceptors (Lipinski definition) is 9. The van der Waals surface area contributed by atoms with Crippen LogP contribution in [0.15, 0.2) is 107 Å². The van der Waals surface area contributed by atoms with Gasteiger partial charge in [-0.2, -0.15) is 0 Å². The number of halogens is 1. The molecule has 12 nitrogen and oxygen atoms in total. The molecule has 0 saturated carbocycles. The van der Waals surface area contributed by atoms with Gasteiger partial charge in [0, 0.05) is 83.3 Å². The van der Waals surface area contributed by atoms with Crippen LogP contribution in [-0.2, 0) is 36.2 Å². The van der Waals surface area contributed by atoms with Gasteiger partial charge in [-0.25, -0.2) is 13.1 Å². The Morgan fingerprint density at radius 2 is 1.04 bits per heavy atom. The molecule has 0 amide bonds. The van der Waals surface area contributed by atoms with Gasteiger partial charge in [0.15, 0.2) is 0 Å². The number of pyridine rings is 2. The molecule has 2 aromatic heterocycles. The lowest BCUT2D eigenvalue weighted by Crippen LogP contribution is -2.33. The summed E-state index contributed by atoms with van der Waals surface area (Å²) < 4.78 is 39.8. The first-order valence-corrected chi connectivity index (χ1v) is 20.2. The van der Waals surface area contributed by atoms with Crippen LogP contribution in [-0.4, -0.2) is 89.1 Å². The number of hydrogen-bond donors (Lipinski definition) is 2. The van der Waals surface area contributed by atoms with Gasteiger partial charge in [0.05, 0.1) is 20.5 Å².